The number of nitriles is 2. The topological polar surface area (TPSA) is 97.4 Å². The van der Waals surface area contributed by atoms with Crippen molar-refractivity contribution in [1.29, 1.82) is 15.9 Å². The molecule has 1 aliphatic rings. The summed E-state index contributed by atoms with van der Waals surface area (Å²) < 4.78 is 0. The second-order valence-electron chi connectivity index (χ2n) is 4.31. The van der Waals surface area contributed by atoms with E-state index in [2.05, 4.69) is 12.1 Å². The largest absolute Gasteiger partial charge is 0.392 e. The first-order valence-electron chi connectivity index (χ1n) is 5.62. The van der Waals surface area contributed by atoms with Gasteiger partial charge in [0.25, 0.3) is 0 Å². The van der Waals surface area contributed by atoms with Crippen molar-refractivity contribution in [3.8, 4) is 12.1 Å². The van der Waals surface area contributed by atoms with E-state index in [-0.39, 0.29) is 5.04 Å². The third-order valence-electron chi connectivity index (χ3n) is 3.09. The predicted octanol–water partition coefficient (Wildman–Crippen LogP) is 3.01. The van der Waals surface area contributed by atoms with Crippen molar-refractivity contribution >= 4 is 28.1 Å². The highest BCUT2D eigenvalue weighted by atomic mass is 32.2. The van der Waals surface area contributed by atoms with Gasteiger partial charge in [0.15, 0.2) is 0 Å². The highest BCUT2D eigenvalue weighted by Crippen LogP contribution is 2.44. The molecule has 0 saturated heterocycles. The number of hydrogen-bond donors (Lipinski definition) is 2. The molecule has 0 spiro atoms. The van der Waals surface area contributed by atoms with Gasteiger partial charge in [-0.3, -0.25) is 5.41 Å². The van der Waals surface area contributed by atoms with E-state index in [1.54, 1.807) is 11.3 Å². The zero-order valence-corrected chi connectivity index (χ0v) is 12.2. The van der Waals surface area contributed by atoms with E-state index in [0.29, 0.717) is 10.6 Å². The molecule has 19 heavy (non-hydrogen) atoms. The summed E-state index contributed by atoms with van der Waals surface area (Å²) in [6.07, 6.45) is 0. The summed E-state index contributed by atoms with van der Waals surface area (Å²) in [5, 5.41) is 27.1. The Bertz CT molecular complexity index is 657. The van der Waals surface area contributed by atoms with Crippen molar-refractivity contribution in [3.63, 3.8) is 0 Å². The Labute approximate surface area is 120 Å². The second kappa shape index (κ2) is 5.08. The smallest absolute Gasteiger partial charge is 0.106 e. The molecule has 0 saturated carbocycles. The van der Waals surface area contributed by atoms with Crippen LogP contribution < -0.4 is 5.73 Å². The molecule has 96 valence electrons. The van der Waals surface area contributed by atoms with Crippen LogP contribution in [0.4, 0.5) is 0 Å². The van der Waals surface area contributed by atoms with Gasteiger partial charge in [0.05, 0.1) is 27.8 Å². The van der Waals surface area contributed by atoms with Crippen molar-refractivity contribution in [2.45, 2.75) is 19.8 Å². The molecule has 2 atom stereocenters. The summed E-state index contributed by atoms with van der Waals surface area (Å²) >= 11 is 2.65. The number of nitrogens with two attached hydrogens (primary N) is 1. The third kappa shape index (κ3) is 2.25. The maximum atomic E-state index is 9.32. The first-order chi connectivity index (χ1) is 8.99. The molecule has 1 aromatic heterocycles. The molecule has 2 heterocycles. The first kappa shape index (κ1) is 13.7. The molecule has 0 bridgehead atoms. The first-order valence-corrected chi connectivity index (χ1v) is 7.25. The maximum absolute atomic E-state index is 9.32. The molecular formula is C13H12N4S2. The molecule has 0 fully saturated rings. The molecule has 0 aromatic carbocycles. The zero-order valence-electron chi connectivity index (χ0n) is 10.5. The highest BCUT2D eigenvalue weighted by Gasteiger charge is 2.38. The summed E-state index contributed by atoms with van der Waals surface area (Å²) in [5.74, 6) is -1.03. The van der Waals surface area contributed by atoms with E-state index in [1.807, 2.05) is 19.9 Å². The van der Waals surface area contributed by atoms with Crippen LogP contribution in [0.15, 0.2) is 16.7 Å². The summed E-state index contributed by atoms with van der Waals surface area (Å²) in [6.45, 7) is 3.96. The van der Waals surface area contributed by atoms with Crippen LogP contribution in [0.2, 0.25) is 0 Å². The average molecular weight is 288 g/mol. The molecule has 0 aliphatic carbocycles. The lowest BCUT2D eigenvalue weighted by Gasteiger charge is -2.27. The highest BCUT2D eigenvalue weighted by molar-refractivity contribution is 8.17. The normalized spacial score (nSPS) is 23.1. The van der Waals surface area contributed by atoms with Gasteiger partial charge in [0, 0.05) is 15.7 Å². The van der Waals surface area contributed by atoms with Crippen LogP contribution >= 0.6 is 23.1 Å². The van der Waals surface area contributed by atoms with Crippen LogP contribution in [-0.4, -0.2) is 5.04 Å². The number of aryl methyl sites for hydroxylation is 2. The van der Waals surface area contributed by atoms with Gasteiger partial charge in [-0.15, -0.1) is 11.3 Å². The molecule has 1 aromatic rings. The lowest BCUT2D eigenvalue weighted by Crippen LogP contribution is -2.26. The van der Waals surface area contributed by atoms with Crippen molar-refractivity contribution in [3.05, 3.63) is 32.0 Å². The number of allylic oxidation sites excluding steroid dienone is 1. The fraction of sp³-hybridized carbons (Fsp3) is 0.308. The number of thiophene rings is 1. The van der Waals surface area contributed by atoms with Gasteiger partial charge >= 0.3 is 0 Å². The minimum absolute atomic E-state index is 0.215. The number of nitrogens with one attached hydrogen (secondary N) is 1. The van der Waals surface area contributed by atoms with Crippen molar-refractivity contribution < 1.29 is 0 Å². The predicted molar refractivity (Wildman–Crippen MR) is 77.8 cm³/mol. The van der Waals surface area contributed by atoms with Gasteiger partial charge < -0.3 is 5.73 Å². The molecule has 3 N–H and O–H groups in total. The Morgan fingerprint density at radius 1 is 1.37 bits per heavy atom. The Morgan fingerprint density at radius 3 is 2.53 bits per heavy atom. The van der Waals surface area contributed by atoms with Crippen LogP contribution in [0.1, 0.15) is 21.2 Å². The van der Waals surface area contributed by atoms with E-state index >= 15 is 0 Å². The second-order valence-corrected chi connectivity index (χ2v) is 6.85. The van der Waals surface area contributed by atoms with E-state index in [4.69, 9.17) is 11.1 Å². The zero-order chi connectivity index (χ0) is 14.2. The van der Waals surface area contributed by atoms with Crippen LogP contribution in [-0.2, 0) is 0 Å². The number of rotatable bonds is 1. The molecule has 4 nitrogen and oxygen atoms in total. The molecule has 1 aliphatic heterocycles. The lowest BCUT2D eigenvalue weighted by molar-refractivity contribution is 0.728. The number of thioether (sulfide) groups is 1. The van der Waals surface area contributed by atoms with Gasteiger partial charge in [-0.1, -0.05) is 11.8 Å². The van der Waals surface area contributed by atoms with E-state index < -0.39 is 11.8 Å². The summed E-state index contributed by atoms with van der Waals surface area (Å²) in [7, 11) is 0. The molecule has 2 rings (SSSR count). The molecule has 6 heteroatoms. The van der Waals surface area contributed by atoms with E-state index in [0.717, 1.165) is 27.1 Å². The van der Waals surface area contributed by atoms with Gasteiger partial charge in [-0.25, -0.2) is 0 Å². The molecule has 0 unspecified atom stereocenters. The van der Waals surface area contributed by atoms with Crippen LogP contribution in [0, 0.1) is 47.8 Å². The lowest BCUT2D eigenvalue weighted by atomic mass is 9.82. The summed E-state index contributed by atoms with van der Waals surface area (Å²) in [6, 6.07) is 6.25. The minimum Gasteiger partial charge on any atom is -0.392 e. The number of nitrogens with zero attached hydrogens (tertiary/aromatic N) is 2. The van der Waals surface area contributed by atoms with Crippen LogP contribution in [0.3, 0.4) is 0 Å². The van der Waals surface area contributed by atoms with E-state index in [9.17, 15) is 10.5 Å². The van der Waals surface area contributed by atoms with Gasteiger partial charge in [-0.2, -0.15) is 10.5 Å². The Hall–Kier alpha value is -1.76. The summed E-state index contributed by atoms with van der Waals surface area (Å²) in [5.41, 5.74) is 7.21. The van der Waals surface area contributed by atoms with Crippen LogP contribution in [0.25, 0.3) is 0 Å². The van der Waals surface area contributed by atoms with Gasteiger partial charge in [0.1, 0.15) is 5.92 Å². The van der Waals surface area contributed by atoms with Gasteiger partial charge in [-0.05, 0) is 25.5 Å². The Morgan fingerprint density at radius 2 is 2.05 bits per heavy atom. The Kier molecular flexibility index (Phi) is 3.66. The maximum Gasteiger partial charge on any atom is 0.106 e. The molecule has 0 amide bonds. The fourth-order valence-corrected chi connectivity index (χ4v) is 4.07. The van der Waals surface area contributed by atoms with Crippen LogP contribution in [0.5, 0.6) is 0 Å². The van der Waals surface area contributed by atoms with Crippen molar-refractivity contribution in [2.24, 2.45) is 11.7 Å². The standard InChI is InChI=1S/C13H12N4S2/c1-6-3-8(7(2)18-6)11-9(4-14)12(16)19-13(17)10(11)5-15/h3,9,11,16H,17H2,1-2H3/t9-,11+/m0/s1. The quantitative estimate of drug-likeness (QED) is 0.830. The van der Waals surface area contributed by atoms with Crippen molar-refractivity contribution in [2.75, 3.05) is 0 Å². The Balaban J connectivity index is 2.65. The SMILES string of the molecule is Cc1cc([C@H]2C(C#N)=C(N)SC(=N)[C@H]2C#N)c(C)s1. The number of hydrogen-bond acceptors (Lipinski definition) is 6. The average Bonchev–Trinajstić information content (AvgIpc) is 2.67. The fourth-order valence-electron chi connectivity index (χ4n) is 2.26. The minimum atomic E-state index is -0.625. The van der Waals surface area contributed by atoms with Crippen molar-refractivity contribution in [1.82, 2.24) is 0 Å². The summed E-state index contributed by atoms with van der Waals surface area (Å²) in [4.78, 5) is 2.20. The monoisotopic (exact) mass is 288 g/mol. The third-order valence-corrected chi connectivity index (χ3v) is 4.98. The molecular weight excluding hydrogens is 276 g/mol. The molecule has 0 radical (unpaired) electrons. The van der Waals surface area contributed by atoms with E-state index in [1.165, 1.54) is 0 Å². The van der Waals surface area contributed by atoms with Gasteiger partial charge in [0.2, 0.25) is 0 Å².